The lowest BCUT2D eigenvalue weighted by Crippen LogP contribution is -2.30. The Morgan fingerprint density at radius 2 is 1.14 bits per heavy atom. The number of benzene rings is 1. The van der Waals surface area contributed by atoms with E-state index in [0.717, 1.165) is 6.42 Å². The van der Waals surface area contributed by atoms with Crippen molar-refractivity contribution in [2.24, 2.45) is 0 Å². The van der Waals surface area contributed by atoms with Crippen LogP contribution in [0.25, 0.3) is 0 Å². The highest BCUT2D eigenvalue weighted by molar-refractivity contribution is 14.0. The van der Waals surface area contributed by atoms with Crippen molar-refractivity contribution in [3.63, 3.8) is 0 Å². The zero-order chi connectivity index (χ0) is 30.6. The largest absolute Gasteiger partial charge is 0.462 e. The number of ether oxygens (including phenoxy) is 4. The van der Waals surface area contributed by atoms with Gasteiger partial charge in [-0.1, -0.05) is 139 Å². The van der Waals surface area contributed by atoms with Crippen LogP contribution in [0.1, 0.15) is 157 Å². The lowest BCUT2D eigenvalue weighted by atomic mass is 10.0. The van der Waals surface area contributed by atoms with Crippen LogP contribution in [-0.4, -0.2) is 66.3 Å². The number of halogens is 2. The summed E-state index contributed by atoms with van der Waals surface area (Å²) in [5.41, 5.74) is 0.511. The molecule has 0 aliphatic carbocycles. The number of carbonyl (C=O) groups is 5. The van der Waals surface area contributed by atoms with Crippen LogP contribution in [0.15, 0.2) is 42.5 Å². The predicted octanol–water partition coefficient (Wildman–Crippen LogP) is 12.3. The molecule has 1 rings (SSSR count). The highest BCUT2D eigenvalue weighted by Crippen LogP contribution is 2.17. The van der Waals surface area contributed by atoms with E-state index in [9.17, 15) is 24.0 Å². The van der Waals surface area contributed by atoms with Crippen molar-refractivity contribution in [1.29, 1.82) is 0 Å². The van der Waals surface area contributed by atoms with Gasteiger partial charge in [-0.15, -0.1) is 24.0 Å². The fourth-order valence-corrected chi connectivity index (χ4v) is 4.31. The lowest BCUT2D eigenvalue weighted by Gasteiger charge is -2.22. The van der Waals surface area contributed by atoms with Crippen LogP contribution >= 0.6 is 39.9 Å². The van der Waals surface area contributed by atoms with E-state index in [1.165, 1.54) is 14.0 Å². The van der Waals surface area contributed by atoms with Gasteiger partial charge in [0.25, 0.3) is 0 Å². The van der Waals surface area contributed by atoms with E-state index in [-0.39, 0.29) is 154 Å². The summed E-state index contributed by atoms with van der Waals surface area (Å²) in [4.78, 5) is 62.3. The van der Waals surface area contributed by atoms with E-state index in [4.69, 9.17) is 18.9 Å². The van der Waals surface area contributed by atoms with Crippen LogP contribution in [0.3, 0.4) is 0 Å². The predicted molar refractivity (Wildman–Crippen MR) is 236 cm³/mol. The number of hydrogen-bond donors (Lipinski definition) is 0. The number of allylic oxidation sites excluding steroid dienone is 1. The maximum absolute atomic E-state index is 13.0. The molecule has 0 amide bonds. The highest BCUT2D eigenvalue weighted by atomic mass is 127. The van der Waals surface area contributed by atoms with Gasteiger partial charge in [-0.3, -0.25) is 24.0 Å². The van der Waals surface area contributed by atoms with Gasteiger partial charge in [-0.2, -0.15) is 0 Å². The second-order valence-electron chi connectivity index (χ2n) is 9.72. The number of Topliss-reactive ketones (excluding diaryl/α,β-unsaturated/α-hetero) is 2. The molecule has 0 aromatic heterocycles. The fourth-order valence-electron chi connectivity index (χ4n) is 3.95. The van der Waals surface area contributed by atoms with Gasteiger partial charge in [0.2, 0.25) is 0 Å². The summed E-state index contributed by atoms with van der Waals surface area (Å²) in [6, 6.07) is 8.68. The zero-order valence-electron chi connectivity index (χ0n) is 24.9. The highest BCUT2D eigenvalue weighted by Gasteiger charge is 2.26. The molecule has 1 aromatic carbocycles. The van der Waals surface area contributed by atoms with Crippen molar-refractivity contribution in [2.45, 2.75) is 170 Å². The Hall–Kier alpha value is -2.12. The average Bonchev–Trinajstić information content (AvgIpc) is 2.94. The van der Waals surface area contributed by atoms with E-state index < -0.39 is 36.2 Å². The van der Waals surface area contributed by atoms with Gasteiger partial charge >= 0.3 is 17.9 Å². The normalized spacial score (nSPS) is 11.3. The maximum Gasteiger partial charge on any atom is 0.309 e. The second kappa shape index (κ2) is 44.0. The van der Waals surface area contributed by atoms with Gasteiger partial charge in [-0.05, 0) is 26.2 Å². The minimum atomic E-state index is -0.948. The van der Waals surface area contributed by atoms with Crippen LogP contribution in [0.5, 0.6) is 0 Å². The Morgan fingerprint density at radius 1 is 0.686 bits per heavy atom. The molecule has 51 heavy (non-hydrogen) atoms. The molecule has 0 aliphatic heterocycles. The number of carbonyl (C=O) groups excluding carboxylic acids is 5. The SMILES string of the molecule is C.C.C.C.C.C.C.C.C.CCC=CCC(CC(=O)OC(CCC(=O)c1ccccc1)CC(=O)OC(CBr)CC(C)=O)OC(=O)CC(CC)OC.I.[HH]. The Balaban J connectivity index is -0.000000170. The molecule has 4 atom stereocenters. The van der Waals surface area contributed by atoms with Crippen LogP contribution < -0.4 is 0 Å². The van der Waals surface area contributed by atoms with Gasteiger partial charge in [0.05, 0.1) is 25.4 Å². The smallest absolute Gasteiger partial charge is 0.309 e. The molecule has 4 unspecified atom stereocenters. The summed E-state index contributed by atoms with van der Waals surface area (Å²) < 4.78 is 21.9. The van der Waals surface area contributed by atoms with E-state index in [1.807, 2.05) is 26.0 Å². The molecule has 0 saturated carbocycles. The van der Waals surface area contributed by atoms with Crippen molar-refractivity contribution < 1.29 is 44.3 Å². The molecule has 11 heteroatoms. The first kappa shape index (κ1) is 74.1. The maximum atomic E-state index is 13.0. The van der Waals surface area contributed by atoms with Crippen LogP contribution in [-0.2, 0) is 38.1 Å². The Kier molecular flexibility index (Phi) is 64.0. The fraction of sp³-hybridized carbons (Fsp3) is 0.675. The van der Waals surface area contributed by atoms with Gasteiger partial charge < -0.3 is 18.9 Å². The zero-order valence-corrected chi connectivity index (χ0v) is 28.8. The third kappa shape index (κ3) is 34.7. The monoisotopic (exact) mass is 912 g/mol. The molecule has 0 radical (unpaired) electrons. The molecule has 0 heterocycles. The lowest BCUT2D eigenvalue weighted by molar-refractivity contribution is -0.161. The number of ketones is 2. The minimum absolute atomic E-state index is 0. The van der Waals surface area contributed by atoms with Crippen LogP contribution in [0.2, 0.25) is 0 Å². The molecule has 0 fully saturated rings. The summed E-state index contributed by atoms with van der Waals surface area (Å²) in [7, 11) is 1.52. The van der Waals surface area contributed by atoms with Crippen molar-refractivity contribution >= 4 is 69.4 Å². The third-order valence-electron chi connectivity index (χ3n) is 6.14. The van der Waals surface area contributed by atoms with E-state index >= 15 is 0 Å². The number of methoxy groups -OCH3 is 1. The van der Waals surface area contributed by atoms with E-state index in [1.54, 1.807) is 30.3 Å². The number of rotatable bonds is 21. The first-order valence-corrected chi connectivity index (χ1v) is 15.1. The van der Waals surface area contributed by atoms with Crippen molar-refractivity contribution in [3.05, 3.63) is 48.0 Å². The average molecular weight is 914 g/mol. The molecule has 0 spiro atoms. The number of esters is 3. The summed E-state index contributed by atoms with van der Waals surface area (Å²) in [6.45, 7) is 5.27. The topological polar surface area (TPSA) is 122 Å². The molecule has 0 bridgehead atoms. The Labute approximate surface area is 342 Å². The van der Waals surface area contributed by atoms with Gasteiger partial charge in [-0.25, -0.2) is 0 Å². The minimum Gasteiger partial charge on any atom is -0.462 e. The first-order chi connectivity index (χ1) is 19.6. The standard InChI is InChI=1S/C31H43BrO9.9CH4.HI.H2/c1-5-7-9-14-25(39-29(35)18-24(6-2)38-4)19-30(36)40-26(15-16-28(34)23-12-10-8-11-13-23)20-31(37)41-27(21-32)17-22(3)33;;;;;;;;;;;/h7-13,24-27H,5-6,14-21H2,1-4H3;9*1H4;2*1H. The second-order valence-corrected chi connectivity index (χ2v) is 10.4. The van der Waals surface area contributed by atoms with E-state index in [2.05, 4.69) is 15.9 Å². The molecule has 0 N–H and O–H groups in total. The Bertz CT molecular complexity index is 1010. The molecule has 0 aliphatic rings. The molecular weight excluding hydrogens is 831 g/mol. The molecular formula is C40H82BrIO9. The summed E-state index contributed by atoms with van der Waals surface area (Å²) in [5.74, 6) is -2.10. The van der Waals surface area contributed by atoms with Gasteiger partial charge in [0.1, 0.15) is 24.1 Å². The number of hydrogen-bond acceptors (Lipinski definition) is 9. The van der Waals surface area contributed by atoms with Crippen LogP contribution in [0, 0.1) is 0 Å². The third-order valence-corrected chi connectivity index (χ3v) is 6.87. The summed E-state index contributed by atoms with van der Waals surface area (Å²) in [5, 5.41) is 0.273. The summed E-state index contributed by atoms with van der Waals surface area (Å²) >= 11 is 3.24. The molecule has 0 saturated heterocycles. The van der Waals surface area contributed by atoms with Gasteiger partial charge in [0, 0.05) is 38.7 Å². The number of alkyl halides is 1. The molecule has 1 aromatic rings. The first-order valence-electron chi connectivity index (χ1n) is 14.0. The van der Waals surface area contributed by atoms with Crippen molar-refractivity contribution in [3.8, 4) is 0 Å². The van der Waals surface area contributed by atoms with Crippen molar-refractivity contribution in [1.82, 2.24) is 0 Å². The molecule has 310 valence electrons. The quantitative estimate of drug-likeness (QED) is 0.0296. The van der Waals surface area contributed by atoms with Crippen LogP contribution in [0.4, 0.5) is 0 Å². The van der Waals surface area contributed by atoms with Gasteiger partial charge in [0.15, 0.2) is 5.78 Å². The summed E-state index contributed by atoms with van der Waals surface area (Å²) in [6.07, 6.45) is 2.54. The Morgan fingerprint density at radius 3 is 1.57 bits per heavy atom. The van der Waals surface area contributed by atoms with E-state index in [0.29, 0.717) is 18.4 Å². The molecule has 9 nitrogen and oxygen atoms in total. The van der Waals surface area contributed by atoms with Crippen molar-refractivity contribution in [2.75, 3.05) is 12.4 Å².